The third-order valence-corrected chi connectivity index (χ3v) is 2.28. The van der Waals surface area contributed by atoms with Gasteiger partial charge in [-0.1, -0.05) is 24.1 Å². The molecule has 1 heterocycles. The van der Waals surface area contributed by atoms with Gasteiger partial charge in [-0.15, -0.1) is 6.42 Å². The predicted octanol–water partition coefficient (Wildman–Crippen LogP) is 1.97. The van der Waals surface area contributed by atoms with Crippen molar-refractivity contribution in [1.82, 2.24) is 4.57 Å². The second kappa shape index (κ2) is 3.50. The summed E-state index contributed by atoms with van der Waals surface area (Å²) in [5.74, 6) is 1.57. The molecular formula is C12H9NO2. The molecule has 1 aromatic heterocycles. The number of aromatic nitrogens is 1. The molecule has 0 spiro atoms. The smallest absolute Gasteiger partial charge is 0.337 e. The first kappa shape index (κ1) is 9.35. The Morgan fingerprint density at radius 2 is 2.20 bits per heavy atom. The van der Waals surface area contributed by atoms with Crippen LogP contribution >= 0.6 is 0 Å². The van der Waals surface area contributed by atoms with Crippen molar-refractivity contribution in [3.63, 3.8) is 0 Å². The van der Waals surface area contributed by atoms with Crippen molar-refractivity contribution < 1.29 is 9.90 Å². The average molecular weight is 199 g/mol. The molecule has 0 amide bonds. The Morgan fingerprint density at radius 3 is 2.87 bits per heavy atom. The third kappa shape index (κ3) is 1.46. The summed E-state index contributed by atoms with van der Waals surface area (Å²) >= 11 is 0. The van der Waals surface area contributed by atoms with E-state index in [4.69, 9.17) is 11.5 Å². The highest BCUT2D eigenvalue weighted by atomic mass is 16.4. The van der Waals surface area contributed by atoms with Crippen molar-refractivity contribution in [3.05, 3.63) is 36.0 Å². The van der Waals surface area contributed by atoms with Crippen LogP contribution in [0.2, 0.25) is 0 Å². The topological polar surface area (TPSA) is 42.2 Å². The van der Waals surface area contributed by atoms with Gasteiger partial charge in [0.25, 0.3) is 0 Å². The van der Waals surface area contributed by atoms with Crippen LogP contribution in [0.15, 0.2) is 30.5 Å². The molecule has 3 nitrogen and oxygen atoms in total. The molecular weight excluding hydrogens is 190 g/mol. The first-order valence-electron chi connectivity index (χ1n) is 4.48. The Labute approximate surface area is 86.9 Å². The maximum atomic E-state index is 11.0. The van der Waals surface area contributed by atoms with Crippen molar-refractivity contribution in [2.75, 3.05) is 0 Å². The number of carboxylic acids is 1. The Balaban J connectivity index is 2.74. The summed E-state index contributed by atoms with van der Waals surface area (Å²) < 4.78 is 1.76. The maximum absolute atomic E-state index is 11.0. The van der Waals surface area contributed by atoms with Crippen LogP contribution < -0.4 is 0 Å². The second-order valence-corrected chi connectivity index (χ2v) is 3.20. The van der Waals surface area contributed by atoms with E-state index in [9.17, 15) is 4.79 Å². The summed E-state index contributed by atoms with van der Waals surface area (Å²) in [6.45, 7) is 0.383. The third-order valence-electron chi connectivity index (χ3n) is 2.28. The van der Waals surface area contributed by atoms with E-state index in [0.29, 0.717) is 12.1 Å². The Hall–Kier alpha value is -2.21. The average Bonchev–Trinajstić information content (AvgIpc) is 2.59. The number of rotatable bonds is 2. The summed E-state index contributed by atoms with van der Waals surface area (Å²) in [5, 5.41) is 9.72. The standard InChI is InChI=1S/C12H9NO2/c1-2-7-13-8-10(12(14)15)9-5-3-4-6-11(9)13/h1,3-6,8H,7H2,(H,14,15). The van der Waals surface area contributed by atoms with E-state index >= 15 is 0 Å². The highest BCUT2D eigenvalue weighted by Gasteiger charge is 2.12. The number of hydrogen-bond acceptors (Lipinski definition) is 1. The van der Waals surface area contributed by atoms with E-state index < -0.39 is 5.97 Å². The Bertz CT molecular complexity index is 560. The molecule has 0 bridgehead atoms. The normalized spacial score (nSPS) is 10.1. The number of fused-ring (bicyclic) bond motifs is 1. The summed E-state index contributed by atoms with van der Waals surface area (Å²) in [6, 6.07) is 7.32. The summed E-state index contributed by atoms with van der Waals surface area (Å²) in [7, 11) is 0. The lowest BCUT2D eigenvalue weighted by Crippen LogP contribution is -1.95. The van der Waals surface area contributed by atoms with Gasteiger partial charge in [0.15, 0.2) is 0 Å². The minimum Gasteiger partial charge on any atom is -0.478 e. The lowest BCUT2D eigenvalue weighted by atomic mass is 10.2. The van der Waals surface area contributed by atoms with Crippen LogP contribution in [0.5, 0.6) is 0 Å². The fourth-order valence-electron chi connectivity index (χ4n) is 1.65. The molecule has 0 aliphatic heterocycles. The summed E-state index contributed by atoms with van der Waals surface area (Å²) in [4.78, 5) is 11.0. The van der Waals surface area contributed by atoms with Gasteiger partial charge in [0.2, 0.25) is 0 Å². The zero-order valence-corrected chi connectivity index (χ0v) is 7.97. The van der Waals surface area contributed by atoms with Crippen molar-refractivity contribution >= 4 is 16.9 Å². The molecule has 0 unspecified atom stereocenters. The van der Waals surface area contributed by atoms with Crippen LogP contribution in [0.4, 0.5) is 0 Å². The van der Waals surface area contributed by atoms with E-state index in [1.807, 2.05) is 18.2 Å². The number of aromatic carboxylic acids is 1. The maximum Gasteiger partial charge on any atom is 0.337 e. The molecule has 0 saturated carbocycles. The second-order valence-electron chi connectivity index (χ2n) is 3.20. The lowest BCUT2D eigenvalue weighted by molar-refractivity contribution is 0.0699. The highest BCUT2D eigenvalue weighted by Crippen LogP contribution is 2.20. The van der Waals surface area contributed by atoms with Gasteiger partial charge in [-0.25, -0.2) is 4.79 Å². The quantitative estimate of drug-likeness (QED) is 0.751. The highest BCUT2D eigenvalue weighted by molar-refractivity contribution is 6.03. The number of nitrogens with zero attached hydrogens (tertiary/aromatic N) is 1. The fourth-order valence-corrected chi connectivity index (χ4v) is 1.65. The minimum atomic E-state index is -0.929. The van der Waals surface area contributed by atoms with Crippen LogP contribution in [-0.2, 0) is 6.54 Å². The van der Waals surface area contributed by atoms with Crippen molar-refractivity contribution in [3.8, 4) is 12.3 Å². The van der Waals surface area contributed by atoms with Crippen molar-refractivity contribution in [1.29, 1.82) is 0 Å². The fraction of sp³-hybridized carbons (Fsp3) is 0.0833. The van der Waals surface area contributed by atoms with Gasteiger partial charge in [0, 0.05) is 17.1 Å². The van der Waals surface area contributed by atoms with Crippen LogP contribution in [0.25, 0.3) is 10.9 Å². The van der Waals surface area contributed by atoms with Gasteiger partial charge >= 0.3 is 5.97 Å². The monoisotopic (exact) mass is 199 g/mol. The van der Waals surface area contributed by atoms with Crippen molar-refractivity contribution in [2.24, 2.45) is 0 Å². The van der Waals surface area contributed by atoms with Gasteiger partial charge in [0.1, 0.15) is 0 Å². The van der Waals surface area contributed by atoms with Crippen LogP contribution in [-0.4, -0.2) is 15.6 Å². The van der Waals surface area contributed by atoms with Crippen molar-refractivity contribution in [2.45, 2.75) is 6.54 Å². The zero-order chi connectivity index (χ0) is 10.8. The van der Waals surface area contributed by atoms with E-state index in [1.54, 1.807) is 16.8 Å². The minimum absolute atomic E-state index is 0.292. The molecule has 74 valence electrons. The van der Waals surface area contributed by atoms with E-state index in [0.717, 1.165) is 10.9 Å². The molecule has 0 aliphatic carbocycles. The summed E-state index contributed by atoms with van der Waals surface area (Å²) in [6.07, 6.45) is 6.79. The molecule has 0 fully saturated rings. The van der Waals surface area contributed by atoms with Crippen LogP contribution in [0, 0.1) is 12.3 Å². The first-order chi connectivity index (χ1) is 7.24. The van der Waals surface area contributed by atoms with Crippen LogP contribution in [0.3, 0.4) is 0 Å². The molecule has 0 aliphatic rings. The molecule has 2 rings (SSSR count). The predicted molar refractivity (Wildman–Crippen MR) is 57.7 cm³/mol. The number of terminal acetylenes is 1. The molecule has 15 heavy (non-hydrogen) atoms. The van der Waals surface area contributed by atoms with E-state index in [2.05, 4.69) is 5.92 Å². The Morgan fingerprint density at radius 1 is 1.47 bits per heavy atom. The number of para-hydroxylation sites is 1. The van der Waals surface area contributed by atoms with Gasteiger partial charge < -0.3 is 9.67 Å². The van der Waals surface area contributed by atoms with E-state index in [1.165, 1.54) is 0 Å². The number of carbonyl (C=O) groups is 1. The van der Waals surface area contributed by atoms with E-state index in [-0.39, 0.29) is 0 Å². The Kier molecular flexibility index (Phi) is 2.18. The first-order valence-corrected chi connectivity index (χ1v) is 4.48. The number of carboxylic acid groups (broad SMARTS) is 1. The zero-order valence-electron chi connectivity index (χ0n) is 7.97. The molecule has 3 heteroatoms. The molecule has 0 radical (unpaired) electrons. The van der Waals surface area contributed by atoms with Gasteiger partial charge in [-0.05, 0) is 6.07 Å². The van der Waals surface area contributed by atoms with Gasteiger partial charge in [-0.2, -0.15) is 0 Å². The number of hydrogen-bond donors (Lipinski definition) is 1. The largest absolute Gasteiger partial charge is 0.478 e. The van der Waals surface area contributed by atoms with Crippen LogP contribution in [0.1, 0.15) is 10.4 Å². The molecule has 1 aromatic carbocycles. The molecule has 0 saturated heterocycles. The summed E-state index contributed by atoms with van der Waals surface area (Å²) in [5.41, 5.74) is 1.15. The lowest BCUT2D eigenvalue weighted by Gasteiger charge is -1.97. The van der Waals surface area contributed by atoms with Gasteiger partial charge in [0.05, 0.1) is 12.1 Å². The molecule has 2 aromatic rings. The number of benzene rings is 1. The SMILES string of the molecule is C#CCn1cc(C(=O)O)c2ccccc21. The van der Waals surface area contributed by atoms with Gasteiger partial charge in [-0.3, -0.25) is 0 Å². The molecule has 1 N–H and O–H groups in total. The molecule has 0 atom stereocenters.